The molecule has 3 atom stereocenters. The van der Waals surface area contributed by atoms with Gasteiger partial charge in [0, 0.05) is 19.6 Å². The second kappa shape index (κ2) is 6.68. The van der Waals surface area contributed by atoms with Crippen molar-refractivity contribution < 1.29 is 9.84 Å². The van der Waals surface area contributed by atoms with Crippen molar-refractivity contribution in [2.75, 3.05) is 6.61 Å². The standard InChI is InChI=1S/C15H27N3O2/c1-4-18-14(16-11-17-18)9-13(19)15(20-5-2)8-6-7-12(3)10-15/h11-13,19H,4-10H2,1-3H3. The van der Waals surface area contributed by atoms with Crippen molar-refractivity contribution in [3.63, 3.8) is 0 Å². The Morgan fingerprint density at radius 1 is 1.55 bits per heavy atom. The van der Waals surface area contributed by atoms with Crippen molar-refractivity contribution in [3.8, 4) is 0 Å². The van der Waals surface area contributed by atoms with E-state index in [9.17, 15) is 5.11 Å². The Bertz CT molecular complexity index is 417. The number of ether oxygens (including phenoxy) is 1. The smallest absolute Gasteiger partial charge is 0.138 e. The van der Waals surface area contributed by atoms with E-state index >= 15 is 0 Å². The van der Waals surface area contributed by atoms with Gasteiger partial charge in [0.2, 0.25) is 0 Å². The highest BCUT2D eigenvalue weighted by Crippen LogP contribution is 2.38. The molecule has 1 aromatic rings. The number of nitrogens with zero attached hydrogens (tertiary/aromatic N) is 3. The average molecular weight is 281 g/mol. The number of rotatable bonds is 6. The largest absolute Gasteiger partial charge is 0.390 e. The van der Waals surface area contributed by atoms with E-state index in [1.807, 2.05) is 18.5 Å². The van der Waals surface area contributed by atoms with Crippen LogP contribution in [0.15, 0.2) is 6.33 Å². The molecule has 20 heavy (non-hydrogen) atoms. The first-order valence-corrected chi connectivity index (χ1v) is 7.80. The van der Waals surface area contributed by atoms with Gasteiger partial charge in [0.15, 0.2) is 0 Å². The Balaban J connectivity index is 2.12. The highest BCUT2D eigenvalue weighted by Gasteiger charge is 2.42. The van der Waals surface area contributed by atoms with Gasteiger partial charge in [-0.3, -0.25) is 4.68 Å². The second-order valence-corrected chi connectivity index (χ2v) is 5.91. The van der Waals surface area contributed by atoms with Crippen LogP contribution in [0, 0.1) is 5.92 Å². The average Bonchev–Trinajstić information content (AvgIpc) is 2.86. The highest BCUT2D eigenvalue weighted by molar-refractivity contribution is 4.99. The second-order valence-electron chi connectivity index (χ2n) is 5.91. The summed E-state index contributed by atoms with van der Waals surface area (Å²) in [5.41, 5.74) is -0.406. The van der Waals surface area contributed by atoms with Crippen LogP contribution in [-0.2, 0) is 17.7 Å². The third-order valence-electron chi connectivity index (χ3n) is 4.40. The van der Waals surface area contributed by atoms with E-state index in [0.29, 0.717) is 18.9 Å². The monoisotopic (exact) mass is 281 g/mol. The van der Waals surface area contributed by atoms with Gasteiger partial charge in [0.05, 0.1) is 11.7 Å². The first kappa shape index (κ1) is 15.4. The topological polar surface area (TPSA) is 60.2 Å². The summed E-state index contributed by atoms with van der Waals surface area (Å²) in [4.78, 5) is 4.27. The molecular formula is C15H27N3O2. The molecule has 0 amide bonds. The van der Waals surface area contributed by atoms with Gasteiger partial charge in [0.25, 0.3) is 0 Å². The minimum absolute atomic E-state index is 0.406. The lowest BCUT2D eigenvalue weighted by Crippen LogP contribution is -2.49. The van der Waals surface area contributed by atoms with Crippen molar-refractivity contribution in [2.45, 2.75) is 71.1 Å². The first-order chi connectivity index (χ1) is 9.61. The quantitative estimate of drug-likeness (QED) is 0.868. The third-order valence-corrected chi connectivity index (χ3v) is 4.40. The molecule has 5 nitrogen and oxygen atoms in total. The molecule has 114 valence electrons. The van der Waals surface area contributed by atoms with Crippen LogP contribution in [-0.4, -0.2) is 38.2 Å². The molecule has 1 fully saturated rings. The number of aromatic nitrogens is 3. The molecule has 5 heteroatoms. The van der Waals surface area contributed by atoms with E-state index in [2.05, 4.69) is 17.0 Å². The zero-order valence-electron chi connectivity index (χ0n) is 12.9. The molecule has 0 saturated heterocycles. The van der Waals surface area contributed by atoms with E-state index in [1.54, 1.807) is 6.33 Å². The summed E-state index contributed by atoms with van der Waals surface area (Å²) in [6.45, 7) is 7.70. The SMILES string of the molecule is CCOC1(C(O)Cc2ncnn2CC)CCCC(C)C1. The third kappa shape index (κ3) is 3.20. The van der Waals surface area contributed by atoms with Crippen molar-refractivity contribution in [2.24, 2.45) is 5.92 Å². The molecule has 1 heterocycles. The molecule has 1 aliphatic rings. The van der Waals surface area contributed by atoms with Crippen LogP contribution in [0.3, 0.4) is 0 Å². The summed E-state index contributed by atoms with van der Waals surface area (Å²) < 4.78 is 7.86. The van der Waals surface area contributed by atoms with Crippen molar-refractivity contribution in [1.29, 1.82) is 0 Å². The lowest BCUT2D eigenvalue weighted by Gasteiger charge is -2.43. The highest BCUT2D eigenvalue weighted by atomic mass is 16.5. The summed E-state index contributed by atoms with van der Waals surface area (Å²) >= 11 is 0. The molecule has 0 aromatic carbocycles. The number of hydrogen-bond acceptors (Lipinski definition) is 4. The lowest BCUT2D eigenvalue weighted by molar-refractivity contribution is -0.147. The maximum absolute atomic E-state index is 10.8. The van der Waals surface area contributed by atoms with Crippen molar-refractivity contribution in [3.05, 3.63) is 12.2 Å². The summed E-state index contributed by atoms with van der Waals surface area (Å²) in [5.74, 6) is 1.45. The van der Waals surface area contributed by atoms with Gasteiger partial charge in [0.1, 0.15) is 12.2 Å². The number of hydrogen-bond donors (Lipinski definition) is 1. The summed E-state index contributed by atoms with van der Waals surface area (Å²) in [7, 11) is 0. The molecular weight excluding hydrogens is 254 g/mol. The molecule has 1 aromatic heterocycles. The predicted octanol–water partition coefficient (Wildman–Crippen LogP) is 2.19. The van der Waals surface area contributed by atoms with Crippen LogP contribution in [0.5, 0.6) is 0 Å². The predicted molar refractivity (Wildman–Crippen MR) is 77.4 cm³/mol. The van der Waals surface area contributed by atoms with Crippen LogP contribution >= 0.6 is 0 Å². The lowest BCUT2D eigenvalue weighted by atomic mass is 9.74. The van der Waals surface area contributed by atoms with Crippen LogP contribution in [0.2, 0.25) is 0 Å². The Labute approximate surface area is 121 Å². The molecule has 0 spiro atoms. The van der Waals surface area contributed by atoms with E-state index in [-0.39, 0.29) is 0 Å². The summed E-state index contributed by atoms with van der Waals surface area (Å²) in [5, 5.41) is 14.9. The van der Waals surface area contributed by atoms with E-state index in [0.717, 1.165) is 31.6 Å². The molecule has 1 aliphatic carbocycles. The Kier molecular flexibility index (Phi) is 5.16. The van der Waals surface area contributed by atoms with E-state index < -0.39 is 11.7 Å². The Morgan fingerprint density at radius 2 is 2.35 bits per heavy atom. The van der Waals surface area contributed by atoms with Crippen LogP contribution in [0.4, 0.5) is 0 Å². The minimum atomic E-state index is -0.514. The van der Waals surface area contributed by atoms with Gasteiger partial charge in [-0.15, -0.1) is 0 Å². The fourth-order valence-corrected chi connectivity index (χ4v) is 3.43. The van der Waals surface area contributed by atoms with Gasteiger partial charge >= 0.3 is 0 Å². The first-order valence-electron chi connectivity index (χ1n) is 7.80. The minimum Gasteiger partial charge on any atom is -0.390 e. The molecule has 0 aliphatic heterocycles. The van der Waals surface area contributed by atoms with Crippen LogP contribution in [0.25, 0.3) is 0 Å². The fourth-order valence-electron chi connectivity index (χ4n) is 3.43. The molecule has 1 N–H and O–H groups in total. The van der Waals surface area contributed by atoms with Gasteiger partial charge in [-0.1, -0.05) is 19.8 Å². The van der Waals surface area contributed by atoms with E-state index in [1.165, 1.54) is 6.42 Å². The van der Waals surface area contributed by atoms with Crippen molar-refractivity contribution >= 4 is 0 Å². The van der Waals surface area contributed by atoms with Crippen molar-refractivity contribution in [1.82, 2.24) is 14.8 Å². The molecule has 0 radical (unpaired) electrons. The maximum atomic E-state index is 10.8. The Hall–Kier alpha value is -0.940. The summed E-state index contributed by atoms with van der Waals surface area (Å²) in [6, 6.07) is 0. The van der Waals surface area contributed by atoms with Crippen LogP contribution < -0.4 is 0 Å². The molecule has 3 unspecified atom stereocenters. The van der Waals surface area contributed by atoms with Gasteiger partial charge < -0.3 is 9.84 Å². The molecule has 2 rings (SSSR count). The van der Waals surface area contributed by atoms with Gasteiger partial charge in [-0.2, -0.15) is 5.10 Å². The number of aryl methyl sites for hydroxylation is 1. The zero-order chi connectivity index (χ0) is 14.6. The zero-order valence-corrected chi connectivity index (χ0v) is 12.9. The molecule has 1 saturated carbocycles. The van der Waals surface area contributed by atoms with E-state index in [4.69, 9.17) is 4.74 Å². The number of aliphatic hydroxyl groups is 1. The Morgan fingerprint density at radius 3 is 3.00 bits per heavy atom. The summed E-state index contributed by atoms with van der Waals surface area (Å²) in [6.07, 6.45) is 5.78. The normalized spacial score (nSPS) is 28.5. The fraction of sp³-hybridized carbons (Fsp3) is 0.867. The number of aliphatic hydroxyl groups excluding tert-OH is 1. The maximum Gasteiger partial charge on any atom is 0.138 e. The van der Waals surface area contributed by atoms with Gasteiger partial charge in [-0.05, 0) is 32.6 Å². The van der Waals surface area contributed by atoms with Crippen LogP contribution in [0.1, 0.15) is 52.3 Å². The molecule has 0 bridgehead atoms. The van der Waals surface area contributed by atoms with Gasteiger partial charge in [-0.25, -0.2) is 4.98 Å².